The van der Waals surface area contributed by atoms with Gasteiger partial charge in [0.1, 0.15) is 0 Å². The molecule has 0 fully saturated rings. The van der Waals surface area contributed by atoms with Gasteiger partial charge in [0.05, 0.1) is 22.8 Å². The van der Waals surface area contributed by atoms with Crippen molar-refractivity contribution < 1.29 is 0 Å². The minimum Gasteiger partial charge on any atom is -0.264 e. The summed E-state index contributed by atoms with van der Waals surface area (Å²) in [5, 5.41) is 0. The summed E-state index contributed by atoms with van der Waals surface area (Å²) >= 11 is 0. The average Bonchev–Trinajstić information content (AvgIpc) is 3.27. The number of rotatable bonds is 8. The van der Waals surface area contributed by atoms with Gasteiger partial charge in [0.2, 0.25) is 0 Å². The van der Waals surface area contributed by atoms with Crippen molar-refractivity contribution in [3.8, 4) is 90.1 Å². The Bertz CT molecular complexity index is 2370. The van der Waals surface area contributed by atoms with Crippen LogP contribution >= 0.6 is 0 Å². The van der Waals surface area contributed by atoms with Gasteiger partial charge in [0.25, 0.3) is 0 Å². The van der Waals surface area contributed by atoms with E-state index in [-0.39, 0.29) is 0 Å². The first-order valence-corrected chi connectivity index (χ1v) is 17.4. The number of aromatic nitrogens is 8. The van der Waals surface area contributed by atoms with Gasteiger partial charge in [0, 0.05) is 83.0 Å². The van der Waals surface area contributed by atoms with E-state index in [9.17, 15) is 0 Å². The molecule has 6 aromatic heterocycles. The molecule has 0 spiro atoms. The standard InChI is InChI=1S/C46H30N8/c1-6-35(31-12-16-33(17-13-31)41-25-43(37-8-2-20-47-27-37)53-45(51-41)39-10-4-22-49-29-39)24-36(7-1)32-14-18-34(19-15-32)42-26-44(38-9-3-21-48-28-38)54-46(52-42)40-11-5-23-50-30-40/h1-30H. The molecule has 9 aromatic rings. The van der Waals surface area contributed by atoms with Gasteiger partial charge in [0.15, 0.2) is 11.6 Å². The summed E-state index contributed by atoms with van der Waals surface area (Å²) in [5.74, 6) is 1.23. The van der Waals surface area contributed by atoms with Gasteiger partial charge < -0.3 is 0 Å². The van der Waals surface area contributed by atoms with Crippen molar-refractivity contribution in [1.29, 1.82) is 0 Å². The van der Waals surface area contributed by atoms with Crippen LogP contribution in [0.25, 0.3) is 90.1 Å². The lowest BCUT2D eigenvalue weighted by molar-refractivity contribution is 1.16. The Kier molecular flexibility index (Phi) is 8.73. The summed E-state index contributed by atoms with van der Waals surface area (Å²) in [4.78, 5) is 36.8. The largest absolute Gasteiger partial charge is 0.264 e. The molecule has 8 nitrogen and oxygen atoms in total. The topological polar surface area (TPSA) is 103 Å². The van der Waals surface area contributed by atoms with Crippen molar-refractivity contribution in [2.75, 3.05) is 0 Å². The van der Waals surface area contributed by atoms with Crippen LogP contribution in [0, 0.1) is 0 Å². The predicted octanol–water partition coefficient (Wildman–Crippen LogP) is 10.2. The summed E-state index contributed by atoms with van der Waals surface area (Å²) in [7, 11) is 0. The molecule has 0 aliphatic rings. The zero-order chi connectivity index (χ0) is 36.1. The summed E-state index contributed by atoms with van der Waals surface area (Å²) in [6.07, 6.45) is 14.2. The number of hydrogen-bond donors (Lipinski definition) is 0. The van der Waals surface area contributed by atoms with Crippen LogP contribution in [0.4, 0.5) is 0 Å². The van der Waals surface area contributed by atoms with Crippen molar-refractivity contribution in [3.05, 3.63) is 183 Å². The lowest BCUT2D eigenvalue weighted by atomic mass is 9.97. The molecular formula is C46H30N8. The van der Waals surface area contributed by atoms with Crippen LogP contribution in [-0.2, 0) is 0 Å². The first kappa shape index (κ1) is 32.3. The molecule has 0 aliphatic heterocycles. The van der Waals surface area contributed by atoms with E-state index in [2.05, 4.69) is 92.7 Å². The molecule has 0 saturated carbocycles. The molecule has 0 aliphatic carbocycles. The van der Waals surface area contributed by atoms with Crippen LogP contribution in [0.3, 0.4) is 0 Å². The van der Waals surface area contributed by atoms with Crippen LogP contribution in [-0.4, -0.2) is 39.9 Å². The summed E-state index contributed by atoms with van der Waals surface area (Å²) in [5.41, 5.74) is 13.3. The van der Waals surface area contributed by atoms with Crippen LogP contribution in [0.1, 0.15) is 0 Å². The van der Waals surface area contributed by atoms with E-state index in [0.29, 0.717) is 11.6 Å². The second-order valence-electron chi connectivity index (χ2n) is 12.6. The lowest BCUT2D eigenvalue weighted by Gasteiger charge is -2.11. The predicted molar refractivity (Wildman–Crippen MR) is 212 cm³/mol. The Hall–Kier alpha value is -7.58. The smallest absolute Gasteiger partial charge is 0.161 e. The Morgan fingerprint density at radius 3 is 0.907 bits per heavy atom. The Balaban J connectivity index is 1.00. The average molecular weight is 695 g/mol. The van der Waals surface area contributed by atoms with Crippen LogP contribution < -0.4 is 0 Å². The normalized spacial score (nSPS) is 11.0. The van der Waals surface area contributed by atoms with Gasteiger partial charge in [-0.15, -0.1) is 0 Å². The highest BCUT2D eigenvalue weighted by atomic mass is 14.9. The highest BCUT2D eigenvalue weighted by molar-refractivity contribution is 5.78. The second-order valence-corrected chi connectivity index (χ2v) is 12.6. The number of nitrogens with zero attached hydrogens (tertiary/aromatic N) is 8. The van der Waals surface area contributed by atoms with E-state index in [0.717, 1.165) is 78.4 Å². The Morgan fingerprint density at radius 2 is 0.556 bits per heavy atom. The number of benzene rings is 3. The van der Waals surface area contributed by atoms with E-state index >= 15 is 0 Å². The van der Waals surface area contributed by atoms with E-state index in [1.165, 1.54) is 0 Å². The third-order valence-electron chi connectivity index (χ3n) is 9.10. The van der Waals surface area contributed by atoms with Crippen LogP contribution in [0.15, 0.2) is 183 Å². The number of hydrogen-bond acceptors (Lipinski definition) is 8. The zero-order valence-corrected chi connectivity index (χ0v) is 28.9. The van der Waals surface area contributed by atoms with E-state index in [1.54, 1.807) is 37.2 Å². The van der Waals surface area contributed by atoms with Crippen molar-refractivity contribution >= 4 is 0 Å². The maximum absolute atomic E-state index is 4.94. The van der Waals surface area contributed by atoms with Crippen molar-refractivity contribution in [1.82, 2.24) is 39.9 Å². The molecule has 254 valence electrons. The van der Waals surface area contributed by atoms with Gasteiger partial charge in [-0.25, -0.2) is 19.9 Å². The molecule has 3 aromatic carbocycles. The van der Waals surface area contributed by atoms with Gasteiger partial charge in [-0.1, -0.05) is 66.7 Å². The molecule has 0 N–H and O–H groups in total. The molecule has 6 heterocycles. The highest BCUT2D eigenvalue weighted by Crippen LogP contribution is 2.32. The molecule has 8 heteroatoms. The molecule has 0 saturated heterocycles. The van der Waals surface area contributed by atoms with Crippen LogP contribution in [0.2, 0.25) is 0 Å². The fraction of sp³-hybridized carbons (Fsp3) is 0. The molecule has 0 radical (unpaired) electrons. The highest BCUT2D eigenvalue weighted by Gasteiger charge is 2.13. The minimum absolute atomic E-state index is 0.616. The first-order chi connectivity index (χ1) is 26.7. The first-order valence-electron chi connectivity index (χ1n) is 17.4. The molecule has 54 heavy (non-hydrogen) atoms. The summed E-state index contributed by atoms with van der Waals surface area (Å²) in [6, 6.07) is 45.2. The maximum Gasteiger partial charge on any atom is 0.161 e. The molecular weight excluding hydrogens is 665 g/mol. The zero-order valence-electron chi connectivity index (χ0n) is 28.9. The third-order valence-corrected chi connectivity index (χ3v) is 9.10. The monoisotopic (exact) mass is 694 g/mol. The lowest BCUT2D eigenvalue weighted by Crippen LogP contribution is -1.96. The van der Waals surface area contributed by atoms with Crippen LogP contribution in [0.5, 0.6) is 0 Å². The van der Waals surface area contributed by atoms with Gasteiger partial charge in [-0.3, -0.25) is 19.9 Å². The third kappa shape index (κ3) is 6.87. The second kappa shape index (κ2) is 14.6. The Labute approximate surface area is 312 Å². The maximum atomic E-state index is 4.94. The minimum atomic E-state index is 0.616. The van der Waals surface area contributed by atoms with Crippen molar-refractivity contribution in [2.24, 2.45) is 0 Å². The van der Waals surface area contributed by atoms with Gasteiger partial charge in [-0.05, 0) is 89.0 Å². The van der Waals surface area contributed by atoms with Crippen molar-refractivity contribution in [3.63, 3.8) is 0 Å². The van der Waals surface area contributed by atoms with Gasteiger partial charge >= 0.3 is 0 Å². The molecule has 0 bridgehead atoms. The quantitative estimate of drug-likeness (QED) is 0.155. The molecule has 9 rings (SSSR count). The molecule has 0 amide bonds. The van der Waals surface area contributed by atoms with E-state index in [1.807, 2.05) is 73.1 Å². The summed E-state index contributed by atoms with van der Waals surface area (Å²) < 4.78 is 0. The fourth-order valence-corrected chi connectivity index (χ4v) is 6.31. The molecule has 0 unspecified atom stereocenters. The van der Waals surface area contributed by atoms with Crippen molar-refractivity contribution in [2.45, 2.75) is 0 Å². The number of pyridine rings is 4. The van der Waals surface area contributed by atoms with E-state index < -0.39 is 0 Å². The van der Waals surface area contributed by atoms with Gasteiger partial charge in [-0.2, -0.15) is 0 Å². The Morgan fingerprint density at radius 1 is 0.241 bits per heavy atom. The van der Waals surface area contributed by atoms with E-state index in [4.69, 9.17) is 19.9 Å². The molecule has 0 atom stereocenters. The SMILES string of the molecule is c1cc(-c2ccc(-c3cc(-c4cccnc4)nc(-c4cccnc4)n3)cc2)cc(-c2ccc(-c3cc(-c4cccnc4)nc(-c4cccnc4)n3)cc2)c1. The fourth-order valence-electron chi connectivity index (χ4n) is 6.31. The summed E-state index contributed by atoms with van der Waals surface area (Å²) in [6.45, 7) is 0.